The molecule has 1 aliphatic rings. The van der Waals surface area contributed by atoms with E-state index in [1.807, 2.05) is 36.1 Å². The van der Waals surface area contributed by atoms with Gasteiger partial charge >= 0.3 is 0 Å². The van der Waals surface area contributed by atoms with Crippen molar-refractivity contribution in [3.8, 4) is 11.3 Å². The van der Waals surface area contributed by atoms with Crippen molar-refractivity contribution in [2.45, 2.75) is 45.7 Å². The van der Waals surface area contributed by atoms with Crippen LogP contribution in [0.3, 0.4) is 0 Å². The molecule has 4 aromatic heterocycles. The number of anilines is 2. The molecule has 212 valence electrons. The van der Waals surface area contributed by atoms with Crippen molar-refractivity contribution in [1.29, 1.82) is 0 Å². The molecule has 11 heteroatoms. The summed E-state index contributed by atoms with van der Waals surface area (Å²) in [5.41, 5.74) is 3.34. The number of hydrogen-bond acceptors (Lipinski definition) is 9. The van der Waals surface area contributed by atoms with Gasteiger partial charge in [0.25, 0.3) is 0 Å². The average molecular weight is 548 g/mol. The molecule has 0 aliphatic carbocycles. The lowest BCUT2D eigenvalue weighted by atomic mass is 9.89. The molecule has 0 aromatic carbocycles. The lowest BCUT2D eigenvalue weighted by Gasteiger charge is -2.40. The fraction of sp³-hybridized carbons (Fsp3) is 0.483. The van der Waals surface area contributed by atoms with Gasteiger partial charge in [0.1, 0.15) is 11.5 Å². The summed E-state index contributed by atoms with van der Waals surface area (Å²) in [5, 5.41) is 8.51. The van der Waals surface area contributed by atoms with E-state index in [1.165, 1.54) is 6.20 Å². The predicted molar refractivity (Wildman–Crippen MR) is 154 cm³/mol. The van der Waals surface area contributed by atoms with E-state index in [0.717, 1.165) is 56.0 Å². The number of nitrogens with one attached hydrogen (secondary N) is 1. The van der Waals surface area contributed by atoms with Gasteiger partial charge in [-0.05, 0) is 24.2 Å². The number of nitrogens with zero attached hydrogens (tertiary/aromatic N) is 8. The Morgan fingerprint density at radius 1 is 1.10 bits per heavy atom. The van der Waals surface area contributed by atoms with Crippen LogP contribution in [0.2, 0.25) is 0 Å². The Bertz CT molecular complexity index is 1470. The van der Waals surface area contributed by atoms with Crippen LogP contribution in [0.4, 0.5) is 16.2 Å². The molecule has 40 heavy (non-hydrogen) atoms. The number of halogens is 1. The van der Waals surface area contributed by atoms with Gasteiger partial charge in [-0.1, -0.05) is 33.8 Å². The van der Waals surface area contributed by atoms with Gasteiger partial charge in [0.15, 0.2) is 11.5 Å². The fourth-order valence-corrected chi connectivity index (χ4v) is 5.56. The van der Waals surface area contributed by atoms with E-state index in [9.17, 15) is 4.39 Å². The summed E-state index contributed by atoms with van der Waals surface area (Å²) in [5.74, 6) is 0.327. The highest BCUT2D eigenvalue weighted by Crippen LogP contribution is 2.32. The van der Waals surface area contributed by atoms with Crippen molar-refractivity contribution < 1.29 is 9.13 Å². The summed E-state index contributed by atoms with van der Waals surface area (Å²) < 4.78 is 22.2. The maximum absolute atomic E-state index is 14.9. The molecule has 0 unspecified atom stereocenters. The molecule has 1 saturated heterocycles. The van der Waals surface area contributed by atoms with Crippen molar-refractivity contribution in [3.63, 3.8) is 0 Å². The monoisotopic (exact) mass is 547 g/mol. The van der Waals surface area contributed by atoms with Gasteiger partial charge in [-0.15, -0.1) is 0 Å². The van der Waals surface area contributed by atoms with Crippen LogP contribution in [0.5, 0.6) is 0 Å². The molecule has 1 fully saturated rings. The topological polar surface area (TPSA) is 97.1 Å². The van der Waals surface area contributed by atoms with Gasteiger partial charge in [0.2, 0.25) is 5.95 Å². The van der Waals surface area contributed by atoms with Crippen LogP contribution in [-0.4, -0.2) is 85.5 Å². The SMILES string of the molecule is CCN1CCN(Cc2ccc(Nc3ncc(F)c(-c4cnc5nn(C)c(C(C)(C)C)c5c4)n3)nc2)C[C@H]1COC. The first kappa shape index (κ1) is 28.0. The van der Waals surface area contributed by atoms with Crippen molar-refractivity contribution in [3.05, 3.63) is 53.9 Å². The summed E-state index contributed by atoms with van der Waals surface area (Å²) in [4.78, 5) is 22.6. The van der Waals surface area contributed by atoms with Crippen LogP contribution in [0, 0.1) is 5.82 Å². The van der Waals surface area contributed by atoms with E-state index >= 15 is 0 Å². The molecule has 1 aliphatic heterocycles. The van der Waals surface area contributed by atoms with Crippen molar-refractivity contribution in [1.82, 2.24) is 39.5 Å². The highest BCUT2D eigenvalue weighted by molar-refractivity contribution is 5.83. The first-order valence-electron chi connectivity index (χ1n) is 13.7. The van der Waals surface area contributed by atoms with Gasteiger partial charge in [0.05, 0.1) is 18.5 Å². The largest absolute Gasteiger partial charge is 0.383 e. The average Bonchev–Trinajstić information content (AvgIpc) is 3.27. The molecule has 0 amide bonds. The molecule has 0 spiro atoms. The third kappa shape index (κ3) is 5.96. The Hall–Kier alpha value is -3.54. The number of hydrogen-bond donors (Lipinski definition) is 1. The molecule has 1 N–H and O–H groups in total. The summed E-state index contributed by atoms with van der Waals surface area (Å²) in [6, 6.07) is 6.24. The van der Waals surface area contributed by atoms with Crippen molar-refractivity contribution in [2.24, 2.45) is 7.05 Å². The number of piperazine rings is 1. The van der Waals surface area contributed by atoms with E-state index < -0.39 is 5.82 Å². The number of methoxy groups -OCH3 is 1. The zero-order valence-corrected chi connectivity index (χ0v) is 24.1. The van der Waals surface area contributed by atoms with Gasteiger partial charge in [-0.2, -0.15) is 5.10 Å². The molecule has 4 aromatic rings. The maximum atomic E-state index is 14.9. The zero-order chi connectivity index (χ0) is 28.4. The molecule has 1 atom stereocenters. The van der Waals surface area contributed by atoms with Gasteiger partial charge < -0.3 is 10.1 Å². The molecule has 0 bridgehead atoms. The van der Waals surface area contributed by atoms with E-state index in [0.29, 0.717) is 23.1 Å². The Morgan fingerprint density at radius 2 is 1.93 bits per heavy atom. The Labute approximate surface area is 234 Å². The fourth-order valence-electron chi connectivity index (χ4n) is 5.56. The van der Waals surface area contributed by atoms with Gasteiger partial charge in [0, 0.05) is 75.1 Å². The maximum Gasteiger partial charge on any atom is 0.229 e. The second-order valence-corrected chi connectivity index (χ2v) is 11.4. The normalized spacial score (nSPS) is 17.0. The van der Waals surface area contributed by atoms with Crippen LogP contribution in [-0.2, 0) is 23.7 Å². The predicted octanol–water partition coefficient (Wildman–Crippen LogP) is 4.15. The Morgan fingerprint density at radius 3 is 2.62 bits per heavy atom. The lowest BCUT2D eigenvalue weighted by Crippen LogP contribution is -2.54. The molecule has 0 radical (unpaired) electrons. The van der Waals surface area contributed by atoms with Crippen molar-refractivity contribution >= 4 is 22.8 Å². The number of likely N-dealkylation sites (N-methyl/N-ethyl adjacent to an activating group) is 1. The molecule has 5 rings (SSSR count). The van der Waals surface area contributed by atoms with Crippen LogP contribution in [0.15, 0.2) is 36.8 Å². The number of rotatable bonds is 8. The molecule has 0 saturated carbocycles. The molecular weight excluding hydrogens is 509 g/mol. The minimum absolute atomic E-state index is 0.159. The quantitative estimate of drug-likeness (QED) is 0.349. The van der Waals surface area contributed by atoms with E-state index in [-0.39, 0.29) is 17.1 Å². The summed E-state index contributed by atoms with van der Waals surface area (Å²) >= 11 is 0. The van der Waals surface area contributed by atoms with Gasteiger partial charge in [-0.25, -0.2) is 24.3 Å². The number of aromatic nitrogens is 6. The smallest absolute Gasteiger partial charge is 0.229 e. The molecule has 5 heterocycles. The third-order valence-corrected chi connectivity index (χ3v) is 7.34. The first-order chi connectivity index (χ1) is 19.2. The molecule has 10 nitrogen and oxygen atoms in total. The van der Waals surface area contributed by atoms with E-state index in [4.69, 9.17) is 4.74 Å². The highest BCUT2D eigenvalue weighted by atomic mass is 19.1. The number of pyridine rings is 2. The van der Waals surface area contributed by atoms with E-state index in [2.05, 4.69) is 67.8 Å². The van der Waals surface area contributed by atoms with Crippen molar-refractivity contribution in [2.75, 3.05) is 45.2 Å². The lowest BCUT2D eigenvalue weighted by molar-refractivity contribution is 0.0254. The van der Waals surface area contributed by atoms with E-state index in [1.54, 1.807) is 13.3 Å². The Kier molecular flexibility index (Phi) is 8.07. The third-order valence-electron chi connectivity index (χ3n) is 7.34. The minimum atomic E-state index is -0.522. The standard InChI is InChI=1S/C29H38FN9O/c1-7-39-11-10-38(17-21(39)18-40-6)16-19-8-9-24(31-13-19)34-28-33-15-23(30)25(35-28)20-12-22-26(29(2,3)4)37(5)36-27(22)32-14-20/h8-9,12-15,21H,7,10-11,16-18H2,1-6H3,(H,31,33,34,35)/t21-/m0/s1. The summed E-state index contributed by atoms with van der Waals surface area (Å²) in [7, 11) is 3.66. The number of ether oxygens (including phenoxy) is 1. The summed E-state index contributed by atoms with van der Waals surface area (Å²) in [6.45, 7) is 14.1. The number of fused-ring (bicyclic) bond motifs is 1. The second kappa shape index (κ2) is 11.5. The zero-order valence-electron chi connectivity index (χ0n) is 24.1. The first-order valence-corrected chi connectivity index (χ1v) is 13.7. The minimum Gasteiger partial charge on any atom is -0.383 e. The second-order valence-electron chi connectivity index (χ2n) is 11.4. The van der Waals surface area contributed by atoms with Crippen LogP contribution in [0.25, 0.3) is 22.3 Å². The Balaban J connectivity index is 1.31. The molecular formula is C29H38FN9O. The number of aryl methyl sites for hydroxylation is 1. The van der Waals surface area contributed by atoms with Crippen LogP contribution in [0.1, 0.15) is 39.0 Å². The summed E-state index contributed by atoms with van der Waals surface area (Å²) in [6.07, 6.45) is 4.63. The van der Waals surface area contributed by atoms with Crippen LogP contribution < -0.4 is 5.32 Å². The highest BCUT2D eigenvalue weighted by Gasteiger charge is 2.26. The van der Waals surface area contributed by atoms with Crippen LogP contribution >= 0.6 is 0 Å². The van der Waals surface area contributed by atoms with Gasteiger partial charge in [-0.3, -0.25) is 14.5 Å².